The number of amides is 2. The molecule has 1 saturated heterocycles. The molecule has 2 aromatic heterocycles. The lowest BCUT2D eigenvalue weighted by Crippen LogP contribution is -2.44. The molecule has 0 spiro atoms. The fraction of sp³-hybridized carbons (Fsp3) is 0.407. The molecule has 1 aromatic carbocycles. The Hall–Kier alpha value is -3.24. The summed E-state index contributed by atoms with van der Waals surface area (Å²) in [4.78, 5) is 38.1. The molecular weight excluding hydrogens is 496 g/mol. The molecule has 37 heavy (non-hydrogen) atoms. The van der Waals surface area contributed by atoms with Gasteiger partial charge in [-0.05, 0) is 57.6 Å². The van der Waals surface area contributed by atoms with Crippen LogP contribution < -0.4 is 5.32 Å². The van der Waals surface area contributed by atoms with Crippen LogP contribution in [0.25, 0.3) is 21.8 Å². The Kier molecular flexibility index (Phi) is 8.60. The molecule has 0 aliphatic carbocycles. The molecule has 7 nitrogen and oxygen atoms in total. The van der Waals surface area contributed by atoms with Crippen molar-refractivity contribution in [2.75, 3.05) is 32.5 Å². The van der Waals surface area contributed by atoms with E-state index in [4.69, 9.17) is 0 Å². The van der Waals surface area contributed by atoms with Crippen molar-refractivity contribution in [2.24, 2.45) is 0 Å². The largest absolute Gasteiger partial charge is 0.338 e. The Balaban J connectivity index is 1.52. The van der Waals surface area contributed by atoms with E-state index in [1.54, 1.807) is 19.3 Å². The minimum atomic E-state index is -0.930. The third kappa shape index (κ3) is 6.37. The van der Waals surface area contributed by atoms with Gasteiger partial charge in [-0.2, -0.15) is 0 Å². The van der Waals surface area contributed by atoms with Gasteiger partial charge >= 0.3 is 0 Å². The van der Waals surface area contributed by atoms with E-state index in [0.29, 0.717) is 17.8 Å². The molecule has 0 unspecified atom stereocenters. The zero-order valence-corrected chi connectivity index (χ0v) is 22.1. The summed E-state index contributed by atoms with van der Waals surface area (Å²) in [5, 5.41) is 4.68. The number of piperidine rings is 1. The van der Waals surface area contributed by atoms with Gasteiger partial charge in [0.2, 0.25) is 5.91 Å². The van der Waals surface area contributed by atoms with E-state index < -0.39 is 23.1 Å². The van der Waals surface area contributed by atoms with Crippen LogP contribution in [0.3, 0.4) is 0 Å². The minimum Gasteiger partial charge on any atom is -0.338 e. The Morgan fingerprint density at radius 2 is 1.81 bits per heavy atom. The first-order valence-electron chi connectivity index (χ1n) is 12.4. The Bertz CT molecular complexity index is 1250. The Labute approximate surface area is 219 Å². The average molecular weight is 528 g/mol. The molecule has 0 radical (unpaired) electrons. The van der Waals surface area contributed by atoms with Gasteiger partial charge in [0, 0.05) is 30.5 Å². The highest BCUT2D eigenvalue weighted by molar-refractivity contribution is 7.14. The van der Waals surface area contributed by atoms with Gasteiger partial charge in [0.25, 0.3) is 5.91 Å². The Morgan fingerprint density at radius 1 is 1.14 bits per heavy atom. The van der Waals surface area contributed by atoms with Crippen molar-refractivity contribution in [3.05, 3.63) is 53.2 Å². The fourth-order valence-electron chi connectivity index (χ4n) is 4.37. The van der Waals surface area contributed by atoms with Crippen LogP contribution in [0.2, 0.25) is 0 Å². The molecular formula is C27H31F2N5O2S. The molecule has 2 amide bonds. The van der Waals surface area contributed by atoms with E-state index in [1.165, 1.54) is 22.4 Å². The zero-order valence-electron chi connectivity index (χ0n) is 21.3. The van der Waals surface area contributed by atoms with E-state index >= 15 is 8.78 Å². The number of halogens is 2. The van der Waals surface area contributed by atoms with Crippen LogP contribution in [0.5, 0.6) is 0 Å². The van der Waals surface area contributed by atoms with Crippen LogP contribution in [0.15, 0.2) is 36.0 Å². The SMILES string of the molecule is CCCCC(=O)Nc1csc(-c2cncc(-c3cc(F)c(C(=O)N(C)C4CCN(C)CC4)c(F)c3)n2)c1. The van der Waals surface area contributed by atoms with Crippen LogP contribution >= 0.6 is 11.3 Å². The molecule has 196 valence electrons. The average Bonchev–Trinajstić information content (AvgIpc) is 3.35. The summed E-state index contributed by atoms with van der Waals surface area (Å²) >= 11 is 1.38. The number of anilines is 1. The van der Waals surface area contributed by atoms with E-state index in [-0.39, 0.29) is 23.2 Å². The monoisotopic (exact) mass is 527 g/mol. The van der Waals surface area contributed by atoms with Gasteiger partial charge in [-0.25, -0.2) is 13.8 Å². The number of rotatable bonds is 8. The topological polar surface area (TPSA) is 78.4 Å². The number of likely N-dealkylation sites (tertiary alicyclic amines) is 1. The summed E-state index contributed by atoms with van der Waals surface area (Å²) in [6.45, 7) is 3.69. The van der Waals surface area contributed by atoms with Gasteiger partial charge in [-0.3, -0.25) is 14.6 Å². The van der Waals surface area contributed by atoms with E-state index in [2.05, 4.69) is 20.2 Å². The predicted molar refractivity (Wildman–Crippen MR) is 141 cm³/mol. The van der Waals surface area contributed by atoms with Gasteiger partial charge in [0.15, 0.2) is 0 Å². The number of unbranched alkanes of at least 4 members (excludes halogenated alkanes) is 1. The summed E-state index contributed by atoms with van der Waals surface area (Å²) in [6, 6.07) is 3.99. The number of benzene rings is 1. The maximum Gasteiger partial charge on any atom is 0.259 e. The first-order chi connectivity index (χ1) is 17.8. The highest BCUT2D eigenvalue weighted by atomic mass is 32.1. The third-order valence-electron chi connectivity index (χ3n) is 6.64. The van der Waals surface area contributed by atoms with Crippen LogP contribution in [0, 0.1) is 11.6 Å². The number of hydrogen-bond donors (Lipinski definition) is 1. The molecule has 1 fully saturated rings. The lowest BCUT2D eigenvalue weighted by atomic mass is 10.0. The third-order valence-corrected chi connectivity index (χ3v) is 7.59. The standard InChI is InChI=1S/C27H31F2N5O2S/c1-4-5-6-25(35)31-18-13-24(37-16-18)23-15-30-14-22(32-23)17-11-20(28)26(21(29)12-17)27(36)34(3)19-7-9-33(2)10-8-19/h11-16,19H,4-10H2,1-3H3,(H,31,35). The minimum absolute atomic E-state index is 0.0481. The molecule has 4 rings (SSSR count). The molecule has 1 aliphatic heterocycles. The molecule has 0 atom stereocenters. The number of nitrogens with one attached hydrogen (secondary N) is 1. The van der Waals surface area contributed by atoms with E-state index in [9.17, 15) is 9.59 Å². The van der Waals surface area contributed by atoms with Gasteiger partial charge in [0.05, 0.1) is 34.3 Å². The van der Waals surface area contributed by atoms with Crippen LogP contribution in [-0.2, 0) is 4.79 Å². The van der Waals surface area contributed by atoms with Crippen LogP contribution in [0.1, 0.15) is 49.4 Å². The fourth-order valence-corrected chi connectivity index (χ4v) is 5.17. The summed E-state index contributed by atoms with van der Waals surface area (Å²) < 4.78 is 30.2. The maximum atomic E-state index is 15.1. The number of aromatic nitrogens is 2. The lowest BCUT2D eigenvalue weighted by molar-refractivity contribution is -0.116. The Morgan fingerprint density at radius 3 is 2.49 bits per heavy atom. The molecule has 0 bridgehead atoms. The number of nitrogens with zero attached hydrogens (tertiary/aromatic N) is 4. The lowest BCUT2D eigenvalue weighted by Gasteiger charge is -2.35. The summed E-state index contributed by atoms with van der Waals surface area (Å²) in [5.41, 5.74) is 1.09. The van der Waals surface area contributed by atoms with Crippen molar-refractivity contribution >= 4 is 28.8 Å². The molecule has 1 N–H and O–H groups in total. The second-order valence-electron chi connectivity index (χ2n) is 9.41. The number of hydrogen-bond acceptors (Lipinski definition) is 6. The molecule has 1 aliphatic rings. The normalized spacial score (nSPS) is 14.5. The quantitative estimate of drug-likeness (QED) is 0.422. The van der Waals surface area contributed by atoms with Gasteiger partial charge in [-0.1, -0.05) is 13.3 Å². The first-order valence-corrected chi connectivity index (χ1v) is 13.3. The van der Waals surface area contributed by atoms with Crippen molar-refractivity contribution in [1.82, 2.24) is 19.8 Å². The van der Waals surface area contributed by atoms with Crippen molar-refractivity contribution < 1.29 is 18.4 Å². The van der Waals surface area contributed by atoms with Crippen molar-refractivity contribution in [1.29, 1.82) is 0 Å². The van der Waals surface area contributed by atoms with Crippen LogP contribution in [-0.4, -0.2) is 64.8 Å². The van der Waals surface area contributed by atoms with Crippen LogP contribution in [0.4, 0.5) is 14.5 Å². The molecule has 3 aromatic rings. The molecule has 0 saturated carbocycles. The molecule has 10 heteroatoms. The predicted octanol–water partition coefficient (Wildman–Crippen LogP) is 5.45. The number of thiophene rings is 1. The number of carbonyl (C=O) groups is 2. The van der Waals surface area contributed by atoms with Crippen molar-refractivity contribution in [3.8, 4) is 21.8 Å². The number of carbonyl (C=O) groups excluding carboxylic acids is 2. The maximum absolute atomic E-state index is 15.1. The molecule has 3 heterocycles. The van der Waals surface area contributed by atoms with Gasteiger partial charge in [0.1, 0.15) is 17.2 Å². The summed E-state index contributed by atoms with van der Waals surface area (Å²) in [7, 11) is 3.61. The van der Waals surface area contributed by atoms with Gasteiger partial charge < -0.3 is 15.1 Å². The highest BCUT2D eigenvalue weighted by Gasteiger charge is 2.29. The second-order valence-corrected chi connectivity index (χ2v) is 10.3. The highest BCUT2D eigenvalue weighted by Crippen LogP contribution is 2.31. The summed E-state index contributed by atoms with van der Waals surface area (Å²) in [5.74, 6) is -2.57. The zero-order chi connectivity index (χ0) is 26.5. The smallest absolute Gasteiger partial charge is 0.259 e. The van der Waals surface area contributed by atoms with Gasteiger partial charge in [-0.15, -0.1) is 11.3 Å². The first kappa shape index (κ1) is 26.8. The summed E-state index contributed by atoms with van der Waals surface area (Å²) in [6.07, 6.45) is 6.72. The van der Waals surface area contributed by atoms with E-state index in [0.717, 1.165) is 55.8 Å². The van der Waals surface area contributed by atoms with E-state index in [1.807, 2.05) is 19.4 Å². The second kappa shape index (κ2) is 11.9. The van der Waals surface area contributed by atoms with Crippen molar-refractivity contribution in [2.45, 2.75) is 45.1 Å². The van der Waals surface area contributed by atoms with Crippen molar-refractivity contribution in [3.63, 3.8) is 0 Å².